The highest BCUT2D eigenvalue weighted by Crippen LogP contribution is 2.29. The van der Waals surface area contributed by atoms with Crippen molar-refractivity contribution in [3.8, 4) is 0 Å². The Hall–Kier alpha value is -1.52. The molecular formula is C14H19ClN2O2. The predicted octanol–water partition coefficient (Wildman–Crippen LogP) is 2.69. The minimum atomic E-state index is -0.142. The van der Waals surface area contributed by atoms with E-state index in [9.17, 15) is 4.79 Å². The maximum absolute atomic E-state index is 11.5. The molecule has 3 N–H and O–H groups in total. The molecule has 0 radical (unpaired) electrons. The van der Waals surface area contributed by atoms with Gasteiger partial charge in [-0.05, 0) is 19.9 Å². The van der Waals surface area contributed by atoms with Gasteiger partial charge >= 0.3 is 0 Å². The van der Waals surface area contributed by atoms with Gasteiger partial charge in [0.25, 0.3) is 0 Å². The summed E-state index contributed by atoms with van der Waals surface area (Å²) >= 11 is 0. The molecule has 1 amide bonds. The molecule has 1 atom stereocenters. The van der Waals surface area contributed by atoms with Crippen molar-refractivity contribution in [1.29, 1.82) is 0 Å². The predicted molar refractivity (Wildman–Crippen MR) is 78.4 cm³/mol. The Morgan fingerprint density at radius 2 is 2.11 bits per heavy atom. The number of fused-ring (bicyclic) bond motifs is 1. The summed E-state index contributed by atoms with van der Waals surface area (Å²) in [7, 11) is 0. The largest absolute Gasteiger partial charge is 0.459 e. The molecule has 0 aliphatic rings. The summed E-state index contributed by atoms with van der Waals surface area (Å²) in [4.78, 5) is 11.5. The highest BCUT2D eigenvalue weighted by Gasteiger charge is 2.17. The van der Waals surface area contributed by atoms with E-state index in [0.29, 0.717) is 13.0 Å². The summed E-state index contributed by atoms with van der Waals surface area (Å²) in [6, 6.07) is 7.72. The lowest BCUT2D eigenvalue weighted by atomic mass is 10.1. The lowest BCUT2D eigenvalue weighted by Gasteiger charge is -2.12. The average molecular weight is 283 g/mol. The van der Waals surface area contributed by atoms with Crippen LogP contribution in [-0.4, -0.2) is 12.5 Å². The van der Waals surface area contributed by atoms with Gasteiger partial charge in [-0.3, -0.25) is 4.79 Å². The fourth-order valence-electron chi connectivity index (χ4n) is 2.12. The highest BCUT2D eigenvalue weighted by atomic mass is 35.5. The minimum Gasteiger partial charge on any atom is -0.459 e. The van der Waals surface area contributed by atoms with E-state index in [1.54, 1.807) is 0 Å². The number of hydrogen-bond acceptors (Lipinski definition) is 3. The molecule has 5 heteroatoms. The molecule has 1 aromatic carbocycles. The number of nitrogens with one attached hydrogen (secondary N) is 1. The summed E-state index contributed by atoms with van der Waals surface area (Å²) in [6.45, 7) is 4.28. The van der Waals surface area contributed by atoms with Crippen LogP contribution in [0.2, 0.25) is 0 Å². The van der Waals surface area contributed by atoms with Crippen LogP contribution in [0.1, 0.15) is 30.7 Å². The van der Waals surface area contributed by atoms with Gasteiger partial charge in [-0.15, -0.1) is 12.4 Å². The minimum absolute atomic E-state index is 0. The van der Waals surface area contributed by atoms with Gasteiger partial charge in [-0.2, -0.15) is 0 Å². The third-order valence-electron chi connectivity index (χ3n) is 3.02. The summed E-state index contributed by atoms with van der Waals surface area (Å²) < 4.78 is 5.79. The van der Waals surface area contributed by atoms with Crippen molar-refractivity contribution in [3.63, 3.8) is 0 Å². The Morgan fingerprint density at radius 3 is 2.74 bits per heavy atom. The van der Waals surface area contributed by atoms with E-state index in [1.165, 1.54) is 0 Å². The smallest absolute Gasteiger partial charge is 0.221 e. The quantitative estimate of drug-likeness (QED) is 0.906. The summed E-state index contributed by atoms with van der Waals surface area (Å²) in [5.74, 6) is 0.756. The molecule has 1 heterocycles. The van der Waals surface area contributed by atoms with Gasteiger partial charge < -0.3 is 15.5 Å². The van der Waals surface area contributed by atoms with Crippen molar-refractivity contribution in [1.82, 2.24) is 5.32 Å². The number of carbonyl (C=O) groups is 1. The molecule has 0 aliphatic carbocycles. The normalized spacial score (nSPS) is 11.9. The Kier molecular flexibility index (Phi) is 5.39. The number of benzene rings is 1. The fraction of sp³-hybridized carbons (Fsp3) is 0.357. The topological polar surface area (TPSA) is 68.3 Å². The van der Waals surface area contributed by atoms with Crippen LogP contribution < -0.4 is 11.1 Å². The average Bonchev–Trinajstić information content (AvgIpc) is 2.68. The molecule has 0 aliphatic heterocycles. The molecule has 2 aromatic rings. The first kappa shape index (κ1) is 15.5. The Balaban J connectivity index is 0.00000180. The maximum Gasteiger partial charge on any atom is 0.221 e. The van der Waals surface area contributed by atoms with Crippen LogP contribution in [0.5, 0.6) is 0 Å². The van der Waals surface area contributed by atoms with Crippen molar-refractivity contribution in [2.75, 3.05) is 6.54 Å². The van der Waals surface area contributed by atoms with Gasteiger partial charge in [-0.25, -0.2) is 0 Å². The van der Waals surface area contributed by atoms with Crippen LogP contribution in [0.4, 0.5) is 0 Å². The molecule has 0 bridgehead atoms. The molecule has 0 saturated heterocycles. The maximum atomic E-state index is 11.5. The second-order valence-electron chi connectivity index (χ2n) is 4.42. The summed E-state index contributed by atoms with van der Waals surface area (Å²) in [5.41, 5.74) is 7.28. The van der Waals surface area contributed by atoms with Gasteiger partial charge in [0.1, 0.15) is 11.3 Å². The van der Waals surface area contributed by atoms with Gasteiger partial charge in [0, 0.05) is 23.9 Å². The van der Waals surface area contributed by atoms with Crippen molar-refractivity contribution < 1.29 is 9.21 Å². The van der Waals surface area contributed by atoms with Crippen molar-refractivity contribution in [2.45, 2.75) is 26.3 Å². The van der Waals surface area contributed by atoms with Gasteiger partial charge in [0.2, 0.25) is 5.91 Å². The van der Waals surface area contributed by atoms with Crippen LogP contribution >= 0.6 is 12.4 Å². The SMILES string of the molecule is Cc1c(C(C)NC(=O)CCN)oc2ccccc12.Cl. The lowest BCUT2D eigenvalue weighted by Crippen LogP contribution is -2.28. The van der Waals surface area contributed by atoms with Gasteiger partial charge in [0.05, 0.1) is 6.04 Å². The number of amides is 1. The van der Waals surface area contributed by atoms with Crippen LogP contribution in [-0.2, 0) is 4.79 Å². The lowest BCUT2D eigenvalue weighted by molar-refractivity contribution is -0.121. The molecule has 0 saturated carbocycles. The van der Waals surface area contributed by atoms with E-state index in [4.69, 9.17) is 10.2 Å². The number of halogens is 1. The van der Waals surface area contributed by atoms with Gasteiger partial charge in [-0.1, -0.05) is 18.2 Å². The zero-order chi connectivity index (χ0) is 13.1. The van der Waals surface area contributed by atoms with E-state index in [-0.39, 0.29) is 24.4 Å². The Morgan fingerprint density at radius 1 is 1.42 bits per heavy atom. The van der Waals surface area contributed by atoms with Crippen molar-refractivity contribution >= 4 is 29.3 Å². The highest BCUT2D eigenvalue weighted by molar-refractivity contribution is 5.85. The van der Waals surface area contributed by atoms with Gasteiger partial charge in [0.15, 0.2) is 0 Å². The number of para-hydroxylation sites is 1. The molecule has 1 aromatic heterocycles. The molecule has 19 heavy (non-hydrogen) atoms. The third kappa shape index (κ3) is 3.28. The first-order chi connectivity index (χ1) is 8.63. The van der Waals surface area contributed by atoms with Crippen molar-refractivity contribution in [2.24, 2.45) is 5.73 Å². The number of rotatable bonds is 4. The van der Waals surface area contributed by atoms with E-state index >= 15 is 0 Å². The Labute approximate surface area is 118 Å². The molecule has 0 spiro atoms. The molecule has 2 rings (SSSR count). The zero-order valence-electron chi connectivity index (χ0n) is 11.1. The van der Waals surface area contributed by atoms with Crippen LogP contribution in [0.25, 0.3) is 11.0 Å². The van der Waals surface area contributed by atoms with E-state index in [0.717, 1.165) is 22.3 Å². The molecule has 104 valence electrons. The Bertz CT molecular complexity index is 566. The fourth-order valence-corrected chi connectivity index (χ4v) is 2.12. The molecule has 1 unspecified atom stereocenters. The monoisotopic (exact) mass is 282 g/mol. The van der Waals surface area contributed by atoms with E-state index in [1.807, 2.05) is 38.1 Å². The summed E-state index contributed by atoms with van der Waals surface area (Å²) in [5, 5.41) is 3.98. The third-order valence-corrected chi connectivity index (χ3v) is 3.02. The first-order valence-corrected chi connectivity index (χ1v) is 6.11. The number of hydrogen-bond donors (Lipinski definition) is 2. The van der Waals surface area contributed by atoms with Crippen molar-refractivity contribution in [3.05, 3.63) is 35.6 Å². The molecular weight excluding hydrogens is 264 g/mol. The second-order valence-corrected chi connectivity index (χ2v) is 4.42. The second kappa shape index (κ2) is 6.59. The number of furan rings is 1. The first-order valence-electron chi connectivity index (χ1n) is 6.11. The van der Waals surface area contributed by atoms with Crippen LogP contribution in [0, 0.1) is 6.92 Å². The molecule has 4 nitrogen and oxygen atoms in total. The van der Waals surface area contributed by atoms with E-state index in [2.05, 4.69) is 5.32 Å². The number of aryl methyl sites for hydroxylation is 1. The summed E-state index contributed by atoms with van der Waals surface area (Å²) in [6.07, 6.45) is 0.337. The van der Waals surface area contributed by atoms with E-state index < -0.39 is 0 Å². The standard InChI is InChI=1S/C14H18N2O2.ClH/c1-9-11-5-3-4-6-12(11)18-14(9)10(2)16-13(17)7-8-15;/h3-6,10H,7-8,15H2,1-2H3,(H,16,17);1H. The zero-order valence-corrected chi connectivity index (χ0v) is 11.9. The van der Waals surface area contributed by atoms with Crippen LogP contribution in [0.3, 0.4) is 0 Å². The molecule has 0 fully saturated rings. The number of carbonyl (C=O) groups excluding carboxylic acids is 1. The number of nitrogens with two attached hydrogens (primary N) is 1. The van der Waals surface area contributed by atoms with Crippen LogP contribution in [0.15, 0.2) is 28.7 Å².